The van der Waals surface area contributed by atoms with E-state index in [4.69, 9.17) is 14.9 Å². The third kappa shape index (κ3) is 5.16. The molecule has 1 aromatic carbocycles. The van der Waals surface area contributed by atoms with Crippen LogP contribution in [0.25, 0.3) is 6.08 Å². The molecule has 1 unspecified atom stereocenters. The molecule has 1 amide bonds. The van der Waals surface area contributed by atoms with Crippen molar-refractivity contribution in [3.05, 3.63) is 29.8 Å². The molecule has 0 aliphatic rings. The summed E-state index contributed by atoms with van der Waals surface area (Å²) in [6, 6.07) is 2.86. The molecule has 0 saturated heterocycles. The molecular weight excluding hydrogens is 294 g/mol. The number of carboxylic acids is 2. The zero-order chi connectivity index (χ0) is 16.7. The Morgan fingerprint density at radius 1 is 1.32 bits per heavy atom. The highest BCUT2D eigenvalue weighted by atomic mass is 16.5. The summed E-state index contributed by atoms with van der Waals surface area (Å²) in [6.45, 7) is 0. The van der Waals surface area contributed by atoms with Crippen LogP contribution in [0.2, 0.25) is 0 Å². The Labute approximate surface area is 125 Å². The van der Waals surface area contributed by atoms with Crippen molar-refractivity contribution in [2.24, 2.45) is 0 Å². The smallest absolute Gasteiger partial charge is 0.326 e. The van der Waals surface area contributed by atoms with Gasteiger partial charge in [0.1, 0.15) is 6.04 Å². The Kier molecular flexibility index (Phi) is 5.94. The predicted molar refractivity (Wildman–Crippen MR) is 75.5 cm³/mol. The number of carbonyl (C=O) groups excluding carboxylic acids is 1. The summed E-state index contributed by atoms with van der Waals surface area (Å²) in [6.07, 6.45) is 1.71. The predicted octanol–water partition coefficient (Wildman–Crippen LogP) is 0.458. The van der Waals surface area contributed by atoms with Crippen molar-refractivity contribution < 1.29 is 34.4 Å². The molecule has 1 atom stereocenters. The second-order valence-corrected chi connectivity index (χ2v) is 4.26. The van der Waals surface area contributed by atoms with Gasteiger partial charge in [-0.1, -0.05) is 6.07 Å². The van der Waals surface area contributed by atoms with E-state index in [1.165, 1.54) is 31.4 Å². The molecule has 8 heteroatoms. The van der Waals surface area contributed by atoms with Crippen molar-refractivity contribution in [3.63, 3.8) is 0 Å². The second kappa shape index (κ2) is 7.67. The standard InChI is InChI=1S/C14H15NO7/c1-22-11-6-8(2-4-10(11)16)3-5-12(17)15-9(14(20)21)7-13(18)19/h2-6,9,16H,7H2,1H3,(H,15,17)(H,18,19)(H,20,21). The number of nitrogens with one attached hydrogen (secondary N) is 1. The van der Waals surface area contributed by atoms with E-state index in [2.05, 4.69) is 5.32 Å². The number of phenolic OH excluding ortho intramolecular Hbond substituents is 1. The largest absolute Gasteiger partial charge is 0.504 e. The Bertz CT molecular complexity index is 609. The number of hydrogen-bond acceptors (Lipinski definition) is 5. The summed E-state index contributed by atoms with van der Waals surface area (Å²) in [5.74, 6) is -3.36. The van der Waals surface area contributed by atoms with Crippen molar-refractivity contribution in [1.82, 2.24) is 5.32 Å². The minimum Gasteiger partial charge on any atom is -0.504 e. The van der Waals surface area contributed by atoms with Crippen LogP contribution >= 0.6 is 0 Å². The lowest BCUT2D eigenvalue weighted by Gasteiger charge is -2.10. The Hall–Kier alpha value is -3.03. The number of hydrogen-bond donors (Lipinski definition) is 4. The number of carbonyl (C=O) groups is 3. The molecule has 0 aromatic heterocycles. The fourth-order valence-corrected chi connectivity index (χ4v) is 1.56. The first-order chi connectivity index (χ1) is 10.3. The van der Waals surface area contributed by atoms with Gasteiger partial charge in [-0.05, 0) is 23.8 Å². The van der Waals surface area contributed by atoms with Crippen molar-refractivity contribution in [1.29, 1.82) is 0 Å². The third-order valence-electron chi connectivity index (χ3n) is 2.62. The van der Waals surface area contributed by atoms with Crippen LogP contribution in [0.5, 0.6) is 11.5 Å². The number of carboxylic acid groups (broad SMARTS) is 2. The molecule has 0 heterocycles. The highest BCUT2D eigenvalue weighted by Crippen LogP contribution is 2.26. The minimum absolute atomic E-state index is 0.0588. The average molecular weight is 309 g/mol. The molecule has 0 aliphatic heterocycles. The lowest BCUT2D eigenvalue weighted by atomic mass is 10.1. The van der Waals surface area contributed by atoms with Crippen LogP contribution in [0.3, 0.4) is 0 Å². The maximum Gasteiger partial charge on any atom is 0.326 e. The van der Waals surface area contributed by atoms with E-state index in [1.807, 2.05) is 0 Å². The van der Waals surface area contributed by atoms with Gasteiger partial charge in [0.2, 0.25) is 5.91 Å². The van der Waals surface area contributed by atoms with Crippen molar-refractivity contribution in [2.45, 2.75) is 12.5 Å². The SMILES string of the molecule is COc1cc(C=CC(=O)NC(CC(=O)O)C(=O)O)ccc1O. The van der Waals surface area contributed by atoms with Gasteiger partial charge in [-0.15, -0.1) is 0 Å². The average Bonchev–Trinajstić information content (AvgIpc) is 2.45. The zero-order valence-electron chi connectivity index (χ0n) is 11.6. The number of benzene rings is 1. The van der Waals surface area contributed by atoms with Gasteiger partial charge in [0.25, 0.3) is 0 Å². The maximum absolute atomic E-state index is 11.6. The Morgan fingerprint density at radius 2 is 2.00 bits per heavy atom. The second-order valence-electron chi connectivity index (χ2n) is 4.26. The van der Waals surface area contributed by atoms with E-state index in [9.17, 15) is 19.5 Å². The van der Waals surface area contributed by atoms with Crippen LogP contribution in [0.1, 0.15) is 12.0 Å². The molecule has 0 aliphatic carbocycles. The highest BCUT2D eigenvalue weighted by Gasteiger charge is 2.21. The Morgan fingerprint density at radius 3 is 2.55 bits per heavy atom. The van der Waals surface area contributed by atoms with E-state index >= 15 is 0 Å². The van der Waals surface area contributed by atoms with E-state index in [0.29, 0.717) is 5.56 Å². The molecule has 0 saturated carbocycles. The van der Waals surface area contributed by atoms with Gasteiger partial charge in [-0.2, -0.15) is 0 Å². The molecule has 0 bridgehead atoms. The highest BCUT2D eigenvalue weighted by molar-refractivity contribution is 5.95. The van der Waals surface area contributed by atoms with Gasteiger partial charge in [0, 0.05) is 6.08 Å². The van der Waals surface area contributed by atoms with Crippen LogP contribution in [0.15, 0.2) is 24.3 Å². The van der Waals surface area contributed by atoms with Gasteiger partial charge in [-0.25, -0.2) is 4.79 Å². The zero-order valence-corrected chi connectivity index (χ0v) is 11.6. The molecule has 0 radical (unpaired) electrons. The van der Waals surface area contributed by atoms with Gasteiger partial charge < -0.3 is 25.4 Å². The van der Waals surface area contributed by atoms with Crippen molar-refractivity contribution in [3.8, 4) is 11.5 Å². The molecule has 1 aromatic rings. The van der Waals surface area contributed by atoms with Crippen molar-refractivity contribution in [2.75, 3.05) is 7.11 Å². The fourth-order valence-electron chi connectivity index (χ4n) is 1.56. The number of aromatic hydroxyl groups is 1. The first kappa shape index (κ1) is 17.0. The number of rotatable bonds is 7. The molecule has 22 heavy (non-hydrogen) atoms. The van der Waals surface area contributed by atoms with E-state index in [-0.39, 0.29) is 11.5 Å². The third-order valence-corrected chi connectivity index (χ3v) is 2.62. The topological polar surface area (TPSA) is 133 Å². The molecule has 0 fully saturated rings. The van der Waals surface area contributed by atoms with Crippen molar-refractivity contribution >= 4 is 23.9 Å². The number of methoxy groups -OCH3 is 1. The summed E-state index contributed by atoms with van der Waals surface area (Å²) in [5.41, 5.74) is 0.537. The van der Waals surface area contributed by atoms with Gasteiger partial charge in [0.05, 0.1) is 13.5 Å². The number of aliphatic carboxylic acids is 2. The van der Waals surface area contributed by atoms with E-state index < -0.39 is 30.3 Å². The lowest BCUT2D eigenvalue weighted by molar-refractivity contribution is -0.146. The van der Waals surface area contributed by atoms with Crippen LogP contribution in [-0.2, 0) is 14.4 Å². The molecular formula is C14H15NO7. The van der Waals surface area contributed by atoms with Crippen LogP contribution < -0.4 is 10.1 Å². The first-order valence-corrected chi connectivity index (χ1v) is 6.13. The molecule has 1 rings (SSSR count). The molecule has 4 N–H and O–H groups in total. The normalized spacial score (nSPS) is 11.9. The van der Waals surface area contributed by atoms with Gasteiger partial charge in [0.15, 0.2) is 11.5 Å². The first-order valence-electron chi connectivity index (χ1n) is 6.13. The number of ether oxygens (including phenoxy) is 1. The molecule has 8 nitrogen and oxygen atoms in total. The molecule has 0 spiro atoms. The summed E-state index contributed by atoms with van der Waals surface area (Å²) >= 11 is 0. The number of amides is 1. The van der Waals surface area contributed by atoms with E-state index in [1.54, 1.807) is 0 Å². The van der Waals surface area contributed by atoms with Crippen LogP contribution in [0, 0.1) is 0 Å². The maximum atomic E-state index is 11.6. The lowest BCUT2D eigenvalue weighted by Crippen LogP contribution is -2.41. The van der Waals surface area contributed by atoms with Crippen LogP contribution in [0.4, 0.5) is 0 Å². The van der Waals surface area contributed by atoms with Gasteiger partial charge >= 0.3 is 11.9 Å². The minimum atomic E-state index is -1.51. The Balaban J connectivity index is 2.74. The molecule has 118 valence electrons. The summed E-state index contributed by atoms with van der Waals surface area (Å²) in [7, 11) is 1.37. The summed E-state index contributed by atoms with van der Waals surface area (Å²) in [5, 5.41) is 28.9. The quantitative estimate of drug-likeness (QED) is 0.538. The summed E-state index contributed by atoms with van der Waals surface area (Å²) < 4.78 is 4.90. The fraction of sp³-hybridized carbons (Fsp3) is 0.214. The van der Waals surface area contributed by atoms with Crippen LogP contribution in [-0.4, -0.2) is 46.3 Å². The van der Waals surface area contributed by atoms with E-state index in [0.717, 1.165) is 6.08 Å². The number of phenols is 1. The monoisotopic (exact) mass is 309 g/mol. The summed E-state index contributed by atoms with van der Waals surface area (Å²) in [4.78, 5) is 32.9. The van der Waals surface area contributed by atoms with Gasteiger partial charge in [-0.3, -0.25) is 9.59 Å².